The normalized spacial score (nSPS) is 18.0. The molecule has 0 aromatic heterocycles. The summed E-state index contributed by atoms with van der Waals surface area (Å²) in [6.45, 7) is 4.56. The summed E-state index contributed by atoms with van der Waals surface area (Å²) in [5.41, 5.74) is 0.675. The summed E-state index contributed by atoms with van der Waals surface area (Å²) < 4.78 is 33.1. The molecule has 1 unspecified atom stereocenters. The van der Waals surface area contributed by atoms with Crippen molar-refractivity contribution in [1.82, 2.24) is 14.7 Å². The van der Waals surface area contributed by atoms with Crippen molar-refractivity contribution < 1.29 is 12.9 Å². The molecular formula is C16H26Cl2N5O3PS2. The van der Waals surface area contributed by atoms with Crippen molar-refractivity contribution in [3.8, 4) is 0 Å². The molecule has 0 aliphatic carbocycles. The molecular weight excluding hydrogens is 476 g/mol. The van der Waals surface area contributed by atoms with Gasteiger partial charge in [-0.3, -0.25) is 0 Å². The van der Waals surface area contributed by atoms with Crippen LogP contribution in [0.15, 0.2) is 29.2 Å². The summed E-state index contributed by atoms with van der Waals surface area (Å²) in [6.07, 6.45) is 0.980. The summed E-state index contributed by atoms with van der Waals surface area (Å²) in [5.74, 6) is 1.06. The number of hydrogen-bond donors (Lipinski definition) is 3. The van der Waals surface area contributed by atoms with E-state index in [1.807, 2.05) is 0 Å². The van der Waals surface area contributed by atoms with Gasteiger partial charge in [-0.25, -0.2) is 22.9 Å². The van der Waals surface area contributed by atoms with Crippen LogP contribution in [0.25, 0.3) is 0 Å². The molecule has 1 saturated heterocycles. The van der Waals surface area contributed by atoms with Crippen LogP contribution in [0.3, 0.4) is 0 Å². The Bertz CT molecular complexity index is 751. The number of alkyl halides is 2. The molecule has 1 fully saturated rings. The number of rotatable bonds is 10. The van der Waals surface area contributed by atoms with Gasteiger partial charge in [0, 0.05) is 50.2 Å². The number of thiocarbonyl (C=S) groups is 1. The minimum atomic E-state index is -3.71. The Balaban J connectivity index is 1.83. The van der Waals surface area contributed by atoms with Crippen LogP contribution in [0.5, 0.6) is 0 Å². The van der Waals surface area contributed by atoms with Crippen molar-refractivity contribution in [2.24, 2.45) is 5.14 Å². The molecule has 1 aliphatic heterocycles. The average Bonchev–Trinajstić information content (AvgIpc) is 2.68. The highest BCUT2D eigenvalue weighted by molar-refractivity contribution is 7.89. The predicted octanol–water partition coefficient (Wildman–Crippen LogP) is 2.35. The molecule has 1 atom stereocenters. The molecule has 13 heteroatoms. The van der Waals surface area contributed by atoms with Crippen LogP contribution in [0.4, 0.5) is 5.69 Å². The van der Waals surface area contributed by atoms with E-state index in [0.717, 1.165) is 39.2 Å². The quantitative estimate of drug-likeness (QED) is 0.255. The van der Waals surface area contributed by atoms with E-state index in [-0.39, 0.29) is 4.90 Å². The second-order valence-corrected chi connectivity index (χ2v) is 10.8. The molecule has 0 spiro atoms. The lowest BCUT2D eigenvalue weighted by Gasteiger charge is -2.40. The topological polar surface area (TPSA) is 99.9 Å². The summed E-state index contributed by atoms with van der Waals surface area (Å²) in [6, 6.07) is 6.09. The number of anilines is 1. The van der Waals surface area contributed by atoms with E-state index >= 15 is 0 Å². The van der Waals surface area contributed by atoms with Crippen LogP contribution in [0, 0.1) is 0 Å². The van der Waals surface area contributed by atoms with Crippen molar-refractivity contribution in [2.75, 3.05) is 56.4 Å². The van der Waals surface area contributed by atoms with E-state index in [4.69, 9.17) is 45.1 Å². The number of nitrogens with zero attached hydrogens (tertiary/aromatic N) is 2. The van der Waals surface area contributed by atoms with Gasteiger partial charge in [0.15, 0.2) is 13.6 Å². The fraction of sp³-hybridized carbons (Fsp3) is 0.562. The maximum absolute atomic E-state index is 11.3. The Hall–Kier alpha value is -0.290. The van der Waals surface area contributed by atoms with Crippen LogP contribution in [-0.4, -0.2) is 74.0 Å². The smallest absolute Gasteiger partial charge is 0.238 e. The zero-order valence-corrected chi connectivity index (χ0v) is 19.9. The number of hydrogen-bond acceptors (Lipinski definition) is 6. The number of benzene rings is 1. The summed E-state index contributed by atoms with van der Waals surface area (Å²) in [5, 5.41) is 11.7. The average molecular weight is 502 g/mol. The van der Waals surface area contributed by atoms with Crippen molar-refractivity contribution in [3.05, 3.63) is 24.3 Å². The lowest BCUT2D eigenvalue weighted by Crippen LogP contribution is -2.41. The maximum Gasteiger partial charge on any atom is 0.238 e. The van der Waals surface area contributed by atoms with Crippen molar-refractivity contribution in [2.45, 2.75) is 11.3 Å². The van der Waals surface area contributed by atoms with Gasteiger partial charge in [0.1, 0.15) is 0 Å². The van der Waals surface area contributed by atoms with E-state index < -0.39 is 18.5 Å². The van der Waals surface area contributed by atoms with E-state index in [9.17, 15) is 8.42 Å². The van der Waals surface area contributed by atoms with E-state index in [2.05, 4.69) is 20.0 Å². The fourth-order valence-corrected chi connectivity index (χ4v) is 6.18. The first-order valence-corrected chi connectivity index (χ1v) is 13.3. The zero-order valence-electron chi connectivity index (χ0n) is 15.9. The van der Waals surface area contributed by atoms with Crippen molar-refractivity contribution in [3.63, 3.8) is 0 Å². The molecule has 1 aliphatic rings. The summed E-state index contributed by atoms with van der Waals surface area (Å²) >= 11 is 17.2. The predicted molar refractivity (Wildman–Crippen MR) is 124 cm³/mol. The van der Waals surface area contributed by atoms with E-state index in [0.29, 0.717) is 29.1 Å². The first-order chi connectivity index (χ1) is 13.8. The zero-order chi connectivity index (χ0) is 21.3. The number of nitrogens with two attached hydrogens (primary N) is 1. The van der Waals surface area contributed by atoms with Crippen LogP contribution in [0.2, 0.25) is 0 Å². The number of primary sulfonamides is 1. The Morgan fingerprint density at radius 2 is 1.93 bits per heavy atom. The van der Waals surface area contributed by atoms with Gasteiger partial charge >= 0.3 is 0 Å². The van der Waals surface area contributed by atoms with E-state index in [1.54, 1.807) is 12.1 Å². The lowest BCUT2D eigenvalue weighted by atomic mass is 10.3. The molecule has 1 heterocycles. The van der Waals surface area contributed by atoms with Crippen LogP contribution >= 0.6 is 43.9 Å². The summed E-state index contributed by atoms with van der Waals surface area (Å²) in [7, 11) is -4.59. The molecule has 164 valence electrons. The minimum absolute atomic E-state index is 0.0545. The van der Waals surface area contributed by atoms with Crippen LogP contribution in [0.1, 0.15) is 6.42 Å². The molecule has 0 radical (unpaired) electrons. The van der Waals surface area contributed by atoms with Gasteiger partial charge in [0.05, 0.1) is 11.5 Å². The molecule has 0 amide bonds. The van der Waals surface area contributed by atoms with Gasteiger partial charge in [-0.15, -0.1) is 23.2 Å². The van der Waals surface area contributed by atoms with Gasteiger partial charge in [0.2, 0.25) is 10.0 Å². The molecule has 0 saturated carbocycles. The highest BCUT2D eigenvalue weighted by Gasteiger charge is 2.29. The number of halogens is 2. The monoisotopic (exact) mass is 501 g/mol. The van der Waals surface area contributed by atoms with Gasteiger partial charge in [-0.1, -0.05) is 0 Å². The van der Waals surface area contributed by atoms with Gasteiger partial charge in [0.25, 0.3) is 0 Å². The van der Waals surface area contributed by atoms with E-state index in [1.165, 1.54) is 12.1 Å². The molecule has 1 aromatic rings. The third-order valence-corrected chi connectivity index (χ3v) is 7.73. The van der Waals surface area contributed by atoms with Gasteiger partial charge < -0.3 is 15.2 Å². The Morgan fingerprint density at radius 1 is 1.28 bits per heavy atom. The molecule has 29 heavy (non-hydrogen) atoms. The fourth-order valence-electron chi connectivity index (χ4n) is 2.70. The minimum Gasteiger partial charge on any atom is -0.361 e. The highest BCUT2D eigenvalue weighted by Crippen LogP contribution is 2.47. The lowest BCUT2D eigenvalue weighted by molar-refractivity contribution is 0.210. The second-order valence-electron chi connectivity index (χ2n) is 6.18. The Kier molecular flexibility index (Phi) is 10.8. The maximum atomic E-state index is 11.3. The third kappa shape index (κ3) is 8.40. The second kappa shape index (κ2) is 12.5. The van der Waals surface area contributed by atoms with Crippen molar-refractivity contribution >= 4 is 64.7 Å². The van der Waals surface area contributed by atoms with Gasteiger partial charge in [-0.2, -0.15) is 0 Å². The summed E-state index contributed by atoms with van der Waals surface area (Å²) in [4.78, 5) is 0.0545. The third-order valence-electron chi connectivity index (χ3n) is 4.03. The number of nitrogens with one attached hydrogen (secondary N) is 2. The Morgan fingerprint density at radius 3 is 2.52 bits per heavy atom. The molecule has 1 aromatic carbocycles. The standard InChI is InChI=1S/C16H26Cl2N5O3PS2/c17-6-10-23(11-7-18)27-22(9-1-13-26-27)12-8-20-16(28)21-14-2-4-15(5-3-14)29(19,24)25/h2-5H,1,6-13H2,(H2,19,24,25)(H2,20,21,28). The van der Waals surface area contributed by atoms with Gasteiger partial charge in [-0.05, 0) is 42.9 Å². The van der Waals surface area contributed by atoms with Crippen molar-refractivity contribution in [1.29, 1.82) is 0 Å². The number of sulfonamides is 1. The van der Waals surface area contributed by atoms with Crippen LogP contribution in [-0.2, 0) is 14.5 Å². The largest absolute Gasteiger partial charge is 0.361 e. The van der Waals surface area contributed by atoms with Crippen LogP contribution < -0.4 is 15.8 Å². The Labute approximate surface area is 189 Å². The highest BCUT2D eigenvalue weighted by atomic mass is 35.5. The molecule has 4 N–H and O–H groups in total. The molecule has 8 nitrogen and oxygen atoms in total. The molecule has 0 bridgehead atoms. The first kappa shape index (κ1) is 25.0. The SMILES string of the molecule is NS(=O)(=O)c1ccc(NC(=S)NCCN2CCCOP2N(CCCl)CCCl)cc1. The molecule has 2 rings (SSSR count). The first-order valence-electron chi connectivity index (χ1n) is 9.07.